The summed E-state index contributed by atoms with van der Waals surface area (Å²) in [5.74, 6) is 0.342. The average molecular weight is 376 g/mol. The number of nitrogens with one attached hydrogen (secondary N) is 1. The van der Waals surface area contributed by atoms with Crippen molar-refractivity contribution in [1.29, 1.82) is 0 Å². The number of pyridine rings is 3. The Morgan fingerprint density at radius 3 is 2.50 bits per heavy atom. The number of carbonyl (C=O) groups is 2. The fourth-order valence-corrected chi connectivity index (χ4v) is 3.03. The molecule has 0 aromatic carbocycles. The summed E-state index contributed by atoms with van der Waals surface area (Å²) >= 11 is 0. The number of fused-ring (bicyclic) bond motifs is 1. The van der Waals surface area contributed by atoms with E-state index in [1.165, 1.54) is 0 Å². The van der Waals surface area contributed by atoms with Crippen molar-refractivity contribution >= 4 is 28.3 Å². The number of amides is 1. The molecule has 7 heteroatoms. The summed E-state index contributed by atoms with van der Waals surface area (Å²) in [6, 6.07) is 5.53. The number of rotatable bonds is 5. The summed E-state index contributed by atoms with van der Waals surface area (Å²) in [5, 5.41) is 4.60. The van der Waals surface area contributed by atoms with Crippen molar-refractivity contribution in [2.75, 3.05) is 18.5 Å². The molecule has 142 valence electrons. The number of hydrogen-bond donors (Lipinski definition) is 1. The van der Waals surface area contributed by atoms with Crippen LogP contribution in [-0.4, -0.2) is 39.9 Å². The smallest absolute Gasteiger partial charge is 0.233 e. The first-order valence-corrected chi connectivity index (χ1v) is 9.19. The van der Waals surface area contributed by atoms with Gasteiger partial charge in [0.05, 0.1) is 24.8 Å². The van der Waals surface area contributed by atoms with E-state index in [1.54, 1.807) is 30.7 Å². The van der Waals surface area contributed by atoms with Crippen LogP contribution in [0, 0.1) is 12.8 Å². The first-order valence-electron chi connectivity index (χ1n) is 9.19. The van der Waals surface area contributed by atoms with Gasteiger partial charge >= 0.3 is 0 Å². The Morgan fingerprint density at radius 1 is 1.07 bits per heavy atom. The van der Waals surface area contributed by atoms with Crippen LogP contribution >= 0.6 is 0 Å². The van der Waals surface area contributed by atoms with Gasteiger partial charge in [-0.3, -0.25) is 19.6 Å². The second kappa shape index (κ2) is 7.44. The van der Waals surface area contributed by atoms with Gasteiger partial charge in [-0.15, -0.1) is 0 Å². The monoisotopic (exact) mass is 376 g/mol. The molecule has 0 radical (unpaired) electrons. The highest BCUT2D eigenvalue weighted by atomic mass is 16.5. The minimum Gasteiger partial charge on any atom is -0.380 e. The summed E-state index contributed by atoms with van der Waals surface area (Å²) in [6.07, 6.45) is 5.58. The molecule has 0 atom stereocenters. The number of aromatic nitrogens is 3. The Morgan fingerprint density at radius 2 is 1.82 bits per heavy atom. The van der Waals surface area contributed by atoms with Gasteiger partial charge in [0, 0.05) is 41.3 Å². The Hall–Kier alpha value is -3.19. The maximum Gasteiger partial charge on any atom is 0.233 e. The molecule has 0 spiro atoms. The number of aryl methyl sites for hydroxylation is 1. The molecule has 1 amide bonds. The van der Waals surface area contributed by atoms with Gasteiger partial charge in [0.1, 0.15) is 11.5 Å². The second-order valence-corrected chi connectivity index (χ2v) is 6.87. The molecule has 1 saturated heterocycles. The zero-order chi connectivity index (χ0) is 19.7. The lowest BCUT2D eigenvalue weighted by Gasteiger charge is -2.24. The largest absolute Gasteiger partial charge is 0.380 e. The lowest BCUT2D eigenvalue weighted by Crippen LogP contribution is -2.38. The maximum absolute atomic E-state index is 12.0. The van der Waals surface area contributed by atoms with Crippen LogP contribution in [0.3, 0.4) is 0 Å². The molecular weight excluding hydrogens is 356 g/mol. The highest BCUT2D eigenvalue weighted by Crippen LogP contribution is 2.26. The Bertz CT molecular complexity index is 1080. The highest BCUT2D eigenvalue weighted by Gasteiger charge is 2.26. The first-order chi connectivity index (χ1) is 13.5. The number of anilines is 1. The van der Waals surface area contributed by atoms with E-state index in [0.717, 1.165) is 27.6 Å². The van der Waals surface area contributed by atoms with Crippen LogP contribution in [-0.2, 0) is 9.53 Å². The predicted octanol–water partition coefficient (Wildman–Crippen LogP) is 3.18. The molecule has 28 heavy (non-hydrogen) atoms. The van der Waals surface area contributed by atoms with Gasteiger partial charge in [0.2, 0.25) is 5.91 Å². The molecule has 1 fully saturated rings. The number of ketones is 1. The Balaban J connectivity index is 1.60. The van der Waals surface area contributed by atoms with Crippen LogP contribution in [0.2, 0.25) is 0 Å². The van der Waals surface area contributed by atoms with Crippen molar-refractivity contribution in [3.63, 3.8) is 0 Å². The minimum atomic E-state index is -0.101. The van der Waals surface area contributed by atoms with Crippen molar-refractivity contribution < 1.29 is 14.3 Å². The first kappa shape index (κ1) is 18.2. The van der Waals surface area contributed by atoms with E-state index in [-0.39, 0.29) is 17.6 Å². The van der Waals surface area contributed by atoms with Crippen molar-refractivity contribution in [3.05, 3.63) is 48.0 Å². The van der Waals surface area contributed by atoms with Gasteiger partial charge in [-0.1, -0.05) is 6.92 Å². The average Bonchev–Trinajstić information content (AvgIpc) is 2.65. The summed E-state index contributed by atoms with van der Waals surface area (Å²) in [6.45, 7) is 4.68. The normalized spacial score (nSPS) is 13.9. The summed E-state index contributed by atoms with van der Waals surface area (Å²) in [7, 11) is 0. The zero-order valence-corrected chi connectivity index (χ0v) is 15.7. The van der Waals surface area contributed by atoms with E-state index >= 15 is 0 Å². The second-order valence-electron chi connectivity index (χ2n) is 6.87. The van der Waals surface area contributed by atoms with Crippen LogP contribution in [0.25, 0.3) is 22.0 Å². The fourth-order valence-electron chi connectivity index (χ4n) is 3.03. The molecule has 0 bridgehead atoms. The molecule has 0 aliphatic carbocycles. The molecule has 4 heterocycles. The van der Waals surface area contributed by atoms with Gasteiger partial charge < -0.3 is 10.1 Å². The van der Waals surface area contributed by atoms with Crippen LogP contribution in [0.5, 0.6) is 0 Å². The third kappa shape index (κ3) is 3.48. The van der Waals surface area contributed by atoms with E-state index in [9.17, 15) is 9.59 Å². The molecule has 0 saturated carbocycles. The maximum atomic E-state index is 12.0. The number of Topliss-reactive ketones (excluding diaryl/α,β-unsaturated/α-hetero) is 1. The van der Waals surface area contributed by atoms with E-state index in [2.05, 4.69) is 20.3 Å². The lowest BCUT2D eigenvalue weighted by atomic mass is 10.0. The zero-order valence-electron chi connectivity index (χ0n) is 15.7. The SMILES string of the molecule is CCC(=O)c1cc(C)c(-c2cc3cnc(NC(=O)C4COC4)cc3cn2)cn1. The molecule has 1 aliphatic heterocycles. The molecule has 0 unspecified atom stereocenters. The van der Waals surface area contributed by atoms with E-state index in [1.807, 2.05) is 19.9 Å². The van der Waals surface area contributed by atoms with Crippen molar-refractivity contribution in [3.8, 4) is 11.3 Å². The molecule has 7 nitrogen and oxygen atoms in total. The summed E-state index contributed by atoms with van der Waals surface area (Å²) in [4.78, 5) is 37.0. The summed E-state index contributed by atoms with van der Waals surface area (Å²) < 4.78 is 5.04. The molecular formula is C21H20N4O3. The number of carbonyl (C=O) groups excluding carboxylic acids is 2. The third-order valence-electron chi connectivity index (χ3n) is 4.86. The van der Waals surface area contributed by atoms with Gasteiger partial charge in [0.15, 0.2) is 5.78 Å². The highest BCUT2D eigenvalue weighted by molar-refractivity contribution is 5.96. The quantitative estimate of drug-likeness (QED) is 0.688. The van der Waals surface area contributed by atoms with Gasteiger partial charge in [-0.2, -0.15) is 0 Å². The third-order valence-corrected chi connectivity index (χ3v) is 4.86. The van der Waals surface area contributed by atoms with Crippen molar-refractivity contribution in [2.45, 2.75) is 20.3 Å². The minimum absolute atomic E-state index is 0.0216. The van der Waals surface area contributed by atoms with Gasteiger partial charge in [0.25, 0.3) is 0 Å². The van der Waals surface area contributed by atoms with E-state index in [4.69, 9.17) is 4.74 Å². The van der Waals surface area contributed by atoms with Crippen LogP contribution in [0.1, 0.15) is 29.4 Å². The molecule has 3 aromatic rings. The summed E-state index contributed by atoms with van der Waals surface area (Å²) in [5.41, 5.74) is 3.05. The Kier molecular flexibility index (Phi) is 4.83. The fraction of sp³-hybridized carbons (Fsp3) is 0.286. The Labute approximate surface area is 162 Å². The van der Waals surface area contributed by atoms with E-state index < -0.39 is 0 Å². The van der Waals surface area contributed by atoms with Crippen LogP contribution in [0.15, 0.2) is 36.8 Å². The topological polar surface area (TPSA) is 94.1 Å². The van der Waals surface area contributed by atoms with Crippen LogP contribution in [0.4, 0.5) is 5.82 Å². The van der Waals surface area contributed by atoms with Crippen molar-refractivity contribution in [1.82, 2.24) is 15.0 Å². The predicted molar refractivity (Wildman–Crippen MR) is 105 cm³/mol. The van der Waals surface area contributed by atoms with E-state index in [0.29, 0.717) is 31.1 Å². The molecule has 1 aliphatic rings. The molecule has 1 N–H and O–H groups in total. The number of ether oxygens (including phenoxy) is 1. The number of nitrogens with zero attached hydrogens (tertiary/aromatic N) is 3. The lowest BCUT2D eigenvalue weighted by molar-refractivity contribution is -0.133. The van der Waals surface area contributed by atoms with Gasteiger partial charge in [-0.05, 0) is 30.7 Å². The number of hydrogen-bond acceptors (Lipinski definition) is 6. The van der Waals surface area contributed by atoms with Crippen LogP contribution < -0.4 is 5.32 Å². The molecule has 4 rings (SSSR count). The van der Waals surface area contributed by atoms with Gasteiger partial charge in [-0.25, -0.2) is 4.98 Å². The molecule has 3 aromatic heterocycles. The standard InChI is InChI=1S/C21H20N4O3/c1-3-19(26)18-4-12(2)16(9-23-18)17-5-13-8-24-20(6-14(13)7-22-17)25-21(27)15-10-28-11-15/h4-9,15H,3,10-11H2,1-2H3,(H,24,25,27). The van der Waals surface area contributed by atoms with Crippen molar-refractivity contribution in [2.24, 2.45) is 5.92 Å².